The molecule has 0 heterocycles. The molecule has 1 nitrogen and oxygen atoms in total. The van der Waals surface area contributed by atoms with Gasteiger partial charge in [-0.25, -0.2) is 0 Å². The summed E-state index contributed by atoms with van der Waals surface area (Å²) in [6.07, 6.45) is 21.5. The first-order chi connectivity index (χ1) is 11.1. The van der Waals surface area contributed by atoms with E-state index in [1.807, 2.05) is 0 Å². The molecule has 1 heteroatoms. The monoisotopic (exact) mass is 325 g/mol. The zero-order chi connectivity index (χ0) is 17.4. The van der Waals surface area contributed by atoms with Crippen LogP contribution < -0.4 is 5.73 Å². The van der Waals surface area contributed by atoms with Gasteiger partial charge in [-0.2, -0.15) is 0 Å². The second kappa shape index (κ2) is 15.5. The van der Waals surface area contributed by atoms with Crippen molar-refractivity contribution in [2.75, 3.05) is 0 Å². The van der Waals surface area contributed by atoms with Gasteiger partial charge in [0.2, 0.25) is 0 Å². The van der Waals surface area contributed by atoms with Crippen LogP contribution in [0.15, 0.2) is 0 Å². The summed E-state index contributed by atoms with van der Waals surface area (Å²) in [6, 6.07) is 0. The van der Waals surface area contributed by atoms with Crippen molar-refractivity contribution in [3.05, 3.63) is 0 Å². The van der Waals surface area contributed by atoms with Crippen LogP contribution in [-0.2, 0) is 0 Å². The lowest BCUT2D eigenvalue weighted by Gasteiger charge is -2.39. The largest absolute Gasteiger partial charge is 0.325 e. The van der Waals surface area contributed by atoms with E-state index in [9.17, 15) is 0 Å². The normalized spacial score (nSPS) is 13.4. The van der Waals surface area contributed by atoms with Crippen LogP contribution in [0.2, 0.25) is 0 Å². The third-order valence-corrected chi connectivity index (χ3v) is 5.62. The van der Waals surface area contributed by atoms with E-state index in [-0.39, 0.29) is 5.54 Å². The molecule has 1 atom stereocenters. The first kappa shape index (κ1) is 23.0. The molecular weight excluding hydrogens is 278 g/mol. The number of nitrogens with two attached hydrogens (primary N) is 1. The number of hydrogen-bond donors (Lipinski definition) is 1. The Bertz CT molecular complexity index is 228. The second-order valence-corrected chi connectivity index (χ2v) is 7.84. The topological polar surface area (TPSA) is 26.0 Å². The van der Waals surface area contributed by atoms with Crippen molar-refractivity contribution in [2.45, 2.75) is 136 Å². The van der Waals surface area contributed by atoms with Crippen LogP contribution >= 0.6 is 0 Å². The van der Waals surface area contributed by atoms with Crippen molar-refractivity contribution in [3.8, 4) is 0 Å². The Morgan fingerprint density at radius 2 is 1.00 bits per heavy atom. The highest BCUT2D eigenvalue weighted by molar-refractivity contribution is 4.91. The molecule has 0 aliphatic rings. The van der Waals surface area contributed by atoms with Crippen LogP contribution in [0, 0.1) is 5.92 Å². The molecule has 0 bridgehead atoms. The van der Waals surface area contributed by atoms with E-state index in [0.29, 0.717) is 0 Å². The summed E-state index contributed by atoms with van der Waals surface area (Å²) in [6.45, 7) is 9.22. The number of unbranched alkanes of at least 4 members (excludes halogenated alkanes) is 8. The molecule has 0 aliphatic carbocycles. The van der Waals surface area contributed by atoms with Gasteiger partial charge in [0, 0.05) is 5.54 Å². The molecule has 0 radical (unpaired) electrons. The maximum Gasteiger partial charge on any atom is 0.0182 e. The van der Waals surface area contributed by atoms with E-state index in [0.717, 1.165) is 5.92 Å². The average molecular weight is 326 g/mol. The maximum absolute atomic E-state index is 7.02. The second-order valence-electron chi connectivity index (χ2n) is 7.84. The SMILES string of the molecule is CCCCCCCCC(CCCC)C(N)(CCCC)CCCC. The fraction of sp³-hybridized carbons (Fsp3) is 1.00. The number of hydrogen-bond acceptors (Lipinski definition) is 1. The zero-order valence-corrected chi connectivity index (χ0v) is 17.0. The molecule has 0 rings (SSSR count). The Hall–Kier alpha value is -0.0400. The Morgan fingerprint density at radius 1 is 0.565 bits per heavy atom. The van der Waals surface area contributed by atoms with Crippen molar-refractivity contribution in [3.63, 3.8) is 0 Å². The van der Waals surface area contributed by atoms with Gasteiger partial charge in [-0.05, 0) is 31.6 Å². The minimum Gasteiger partial charge on any atom is -0.325 e. The molecule has 23 heavy (non-hydrogen) atoms. The summed E-state index contributed by atoms with van der Waals surface area (Å²) in [4.78, 5) is 0. The predicted octanol–water partition coefficient (Wildman–Crippen LogP) is 7.62. The molecule has 140 valence electrons. The predicted molar refractivity (Wildman–Crippen MR) is 107 cm³/mol. The average Bonchev–Trinajstić information content (AvgIpc) is 2.56. The smallest absolute Gasteiger partial charge is 0.0182 e. The molecule has 0 aromatic rings. The lowest BCUT2D eigenvalue weighted by molar-refractivity contribution is 0.193. The molecule has 0 aromatic heterocycles. The van der Waals surface area contributed by atoms with Crippen LogP contribution in [0.1, 0.15) is 130 Å². The number of rotatable bonds is 17. The van der Waals surface area contributed by atoms with E-state index in [2.05, 4.69) is 27.7 Å². The highest BCUT2D eigenvalue weighted by Gasteiger charge is 2.32. The van der Waals surface area contributed by atoms with E-state index in [1.165, 1.54) is 103 Å². The molecule has 0 fully saturated rings. The Kier molecular flexibility index (Phi) is 15.5. The van der Waals surface area contributed by atoms with E-state index in [4.69, 9.17) is 5.73 Å². The highest BCUT2D eigenvalue weighted by Crippen LogP contribution is 2.34. The Balaban J connectivity index is 4.50. The van der Waals surface area contributed by atoms with Crippen LogP contribution in [0.5, 0.6) is 0 Å². The summed E-state index contributed by atoms with van der Waals surface area (Å²) in [5, 5.41) is 0. The summed E-state index contributed by atoms with van der Waals surface area (Å²) >= 11 is 0. The van der Waals surface area contributed by atoms with Gasteiger partial charge in [-0.15, -0.1) is 0 Å². The zero-order valence-electron chi connectivity index (χ0n) is 17.0. The van der Waals surface area contributed by atoms with Crippen molar-refractivity contribution in [1.29, 1.82) is 0 Å². The first-order valence-electron chi connectivity index (χ1n) is 10.9. The standard InChI is InChI=1S/C22H47N/c1-5-9-13-14-15-16-18-21(17-10-6-2)22(23,19-11-7-3)20-12-8-4/h21H,5-20,23H2,1-4H3. The molecule has 0 saturated carbocycles. The van der Waals surface area contributed by atoms with E-state index < -0.39 is 0 Å². The third-order valence-electron chi connectivity index (χ3n) is 5.62. The fourth-order valence-corrected chi connectivity index (χ4v) is 3.89. The molecular formula is C22H47N. The minimum absolute atomic E-state index is 0.116. The first-order valence-corrected chi connectivity index (χ1v) is 10.9. The van der Waals surface area contributed by atoms with Crippen molar-refractivity contribution in [1.82, 2.24) is 0 Å². The summed E-state index contributed by atoms with van der Waals surface area (Å²) < 4.78 is 0. The van der Waals surface area contributed by atoms with E-state index in [1.54, 1.807) is 0 Å². The molecule has 2 N–H and O–H groups in total. The summed E-state index contributed by atoms with van der Waals surface area (Å²) in [5.74, 6) is 0.756. The van der Waals surface area contributed by atoms with Gasteiger partial charge >= 0.3 is 0 Å². The third kappa shape index (κ3) is 11.2. The molecule has 0 aromatic carbocycles. The van der Waals surface area contributed by atoms with Crippen LogP contribution in [0.4, 0.5) is 0 Å². The fourth-order valence-electron chi connectivity index (χ4n) is 3.89. The van der Waals surface area contributed by atoms with E-state index >= 15 is 0 Å². The van der Waals surface area contributed by atoms with Gasteiger partial charge in [0.25, 0.3) is 0 Å². The van der Waals surface area contributed by atoms with Gasteiger partial charge in [-0.3, -0.25) is 0 Å². The van der Waals surface area contributed by atoms with Crippen LogP contribution in [-0.4, -0.2) is 5.54 Å². The van der Waals surface area contributed by atoms with Gasteiger partial charge < -0.3 is 5.73 Å². The molecule has 0 saturated heterocycles. The van der Waals surface area contributed by atoms with Crippen molar-refractivity contribution < 1.29 is 0 Å². The Morgan fingerprint density at radius 3 is 1.52 bits per heavy atom. The Labute approximate surface area is 148 Å². The van der Waals surface area contributed by atoms with Crippen LogP contribution in [0.25, 0.3) is 0 Å². The van der Waals surface area contributed by atoms with Crippen molar-refractivity contribution >= 4 is 0 Å². The minimum atomic E-state index is 0.116. The quantitative estimate of drug-likeness (QED) is 0.273. The highest BCUT2D eigenvalue weighted by atomic mass is 14.8. The van der Waals surface area contributed by atoms with Crippen LogP contribution in [0.3, 0.4) is 0 Å². The maximum atomic E-state index is 7.02. The summed E-state index contributed by atoms with van der Waals surface area (Å²) in [7, 11) is 0. The molecule has 0 amide bonds. The molecule has 1 unspecified atom stereocenters. The summed E-state index contributed by atoms with van der Waals surface area (Å²) in [5.41, 5.74) is 7.13. The van der Waals surface area contributed by atoms with Gasteiger partial charge in [0.05, 0.1) is 0 Å². The van der Waals surface area contributed by atoms with Gasteiger partial charge in [0.1, 0.15) is 0 Å². The molecule has 0 spiro atoms. The van der Waals surface area contributed by atoms with Crippen molar-refractivity contribution in [2.24, 2.45) is 11.7 Å². The molecule has 0 aliphatic heterocycles. The van der Waals surface area contributed by atoms with Gasteiger partial charge in [-0.1, -0.05) is 105 Å². The lowest BCUT2D eigenvalue weighted by Crippen LogP contribution is -2.47. The van der Waals surface area contributed by atoms with Gasteiger partial charge in [0.15, 0.2) is 0 Å². The lowest BCUT2D eigenvalue weighted by atomic mass is 9.72.